The number of aromatic hydroxyl groups is 1. The number of nitrogens with two attached hydrogens (primary N) is 1. The Morgan fingerprint density at radius 1 is 1.24 bits per heavy atom. The minimum absolute atomic E-state index is 0.181. The second-order valence-electron chi connectivity index (χ2n) is 4.84. The molecule has 0 aliphatic heterocycles. The summed E-state index contributed by atoms with van der Waals surface area (Å²) in [4.78, 5) is 16.1. The molecule has 0 saturated heterocycles. The molecule has 1 atom stereocenters. The number of rotatable bonds is 6. The lowest BCUT2D eigenvalue weighted by Gasteiger charge is -2.12. The van der Waals surface area contributed by atoms with Crippen LogP contribution < -0.4 is 11.1 Å². The molecule has 1 amide bonds. The van der Waals surface area contributed by atoms with E-state index < -0.39 is 6.04 Å². The molecule has 0 aliphatic carbocycles. The van der Waals surface area contributed by atoms with Crippen LogP contribution in [0, 0.1) is 0 Å². The van der Waals surface area contributed by atoms with Gasteiger partial charge in [-0.15, -0.1) is 0 Å². The molecule has 2 aromatic rings. The van der Waals surface area contributed by atoms with Crippen LogP contribution in [-0.2, 0) is 17.6 Å². The number of aromatic nitrogens is 1. The minimum Gasteiger partial charge on any atom is -0.508 e. The summed E-state index contributed by atoms with van der Waals surface area (Å²) in [5, 5.41) is 12.0. The standard InChI is InChI=1S/C16H19N3O2/c17-15(11-12-4-6-14(20)7-5-12)16(21)19-10-8-13-3-1-2-9-18-13/h1-7,9,15,20H,8,10-11,17H2,(H,19,21)/t15-/m1/s1. The number of hydrogen-bond donors (Lipinski definition) is 3. The van der Waals surface area contributed by atoms with Gasteiger partial charge in [0.1, 0.15) is 5.75 Å². The van der Waals surface area contributed by atoms with Gasteiger partial charge in [0, 0.05) is 24.9 Å². The van der Waals surface area contributed by atoms with E-state index in [-0.39, 0.29) is 11.7 Å². The van der Waals surface area contributed by atoms with Gasteiger partial charge in [-0.1, -0.05) is 18.2 Å². The van der Waals surface area contributed by atoms with Gasteiger partial charge in [-0.05, 0) is 36.2 Å². The van der Waals surface area contributed by atoms with Gasteiger partial charge >= 0.3 is 0 Å². The lowest BCUT2D eigenvalue weighted by atomic mass is 10.1. The molecule has 0 radical (unpaired) electrons. The van der Waals surface area contributed by atoms with Gasteiger partial charge in [-0.2, -0.15) is 0 Å². The number of phenolic OH excluding ortho intramolecular Hbond substituents is 1. The van der Waals surface area contributed by atoms with Crippen LogP contribution in [0.2, 0.25) is 0 Å². The molecule has 21 heavy (non-hydrogen) atoms. The first kappa shape index (κ1) is 15.0. The van der Waals surface area contributed by atoms with Crippen LogP contribution in [0.4, 0.5) is 0 Å². The van der Waals surface area contributed by atoms with Crippen molar-refractivity contribution in [2.24, 2.45) is 5.73 Å². The second-order valence-corrected chi connectivity index (χ2v) is 4.84. The highest BCUT2D eigenvalue weighted by Crippen LogP contribution is 2.10. The van der Waals surface area contributed by atoms with Gasteiger partial charge in [-0.3, -0.25) is 9.78 Å². The fourth-order valence-electron chi connectivity index (χ4n) is 1.97. The molecule has 1 aromatic heterocycles. The Morgan fingerprint density at radius 3 is 2.67 bits per heavy atom. The molecule has 0 fully saturated rings. The van der Waals surface area contributed by atoms with Crippen molar-refractivity contribution < 1.29 is 9.90 Å². The summed E-state index contributed by atoms with van der Waals surface area (Å²) in [6.45, 7) is 0.513. The van der Waals surface area contributed by atoms with E-state index in [2.05, 4.69) is 10.3 Å². The van der Waals surface area contributed by atoms with Crippen LogP contribution in [-0.4, -0.2) is 28.6 Å². The third kappa shape index (κ3) is 4.89. The monoisotopic (exact) mass is 285 g/mol. The number of pyridine rings is 1. The average Bonchev–Trinajstić information content (AvgIpc) is 2.50. The van der Waals surface area contributed by atoms with E-state index in [4.69, 9.17) is 5.73 Å². The van der Waals surface area contributed by atoms with Gasteiger partial charge in [0.2, 0.25) is 5.91 Å². The highest BCUT2D eigenvalue weighted by Gasteiger charge is 2.13. The van der Waals surface area contributed by atoms with Crippen LogP contribution in [0.3, 0.4) is 0 Å². The van der Waals surface area contributed by atoms with E-state index in [0.717, 1.165) is 11.3 Å². The highest BCUT2D eigenvalue weighted by molar-refractivity contribution is 5.81. The number of nitrogens with one attached hydrogen (secondary N) is 1. The van der Waals surface area contributed by atoms with Crippen LogP contribution in [0.25, 0.3) is 0 Å². The Labute approximate surface area is 123 Å². The van der Waals surface area contributed by atoms with Crippen LogP contribution in [0.15, 0.2) is 48.7 Å². The van der Waals surface area contributed by atoms with Gasteiger partial charge < -0.3 is 16.2 Å². The van der Waals surface area contributed by atoms with E-state index in [9.17, 15) is 9.90 Å². The molecular weight excluding hydrogens is 266 g/mol. The Kier molecular flexibility index (Phi) is 5.29. The zero-order valence-electron chi connectivity index (χ0n) is 11.7. The summed E-state index contributed by atoms with van der Waals surface area (Å²) in [7, 11) is 0. The molecule has 5 heteroatoms. The molecule has 1 aromatic carbocycles. The predicted octanol–water partition coefficient (Wildman–Crippen LogP) is 1.02. The van der Waals surface area contributed by atoms with Crippen LogP contribution in [0.5, 0.6) is 5.75 Å². The molecule has 110 valence electrons. The first-order valence-corrected chi connectivity index (χ1v) is 6.86. The van der Waals surface area contributed by atoms with Crippen molar-refractivity contribution in [3.8, 4) is 5.75 Å². The van der Waals surface area contributed by atoms with Crippen molar-refractivity contribution in [3.63, 3.8) is 0 Å². The first-order chi connectivity index (χ1) is 10.1. The third-order valence-electron chi connectivity index (χ3n) is 3.14. The summed E-state index contributed by atoms with van der Waals surface area (Å²) in [5.41, 5.74) is 7.73. The second kappa shape index (κ2) is 7.40. The summed E-state index contributed by atoms with van der Waals surface area (Å²) in [5.74, 6) is 0.0196. The molecule has 1 heterocycles. The Balaban J connectivity index is 1.76. The lowest BCUT2D eigenvalue weighted by molar-refractivity contribution is -0.122. The van der Waals surface area contributed by atoms with Crippen LogP contribution in [0.1, 0.15) is 11.3 Å². The first-order valence-electron chi connectivity index (χ1n) is 6.86. The summed E-state index contributed by atoms with van der Waals surface area (Å²) in [6, 6.07) is 11.8. The summed E-state index contributed by atoms with van der Waals surface area (Å²) in [6.07, 6.45) is 2.85. The van der Waals surface area contributed by atoms with E-state index in [0.29, 0.717) is 19.4 Å². The maximum atomic E-state index is 11.9. The number of carbonyl (C=O) groups excluding carboxylic acids is 1. The SMILES string of the molecule is N[C@H](Cc1ccc(O)cc1)C(=O)NCCc1ccccn1. The van der Waals surface area contributed by atoms with Gasteiger partial charge in [0.15, 0.2) is 0 Å². The van der Waals surface area contributed by atoms with Crippen molar-refractivity contribution in [1.82, 2.24) is 10.3 Å². The lowest BCUT2D eigenvalue weighted by Crippen LogP contribution is -2.42. The van der Waals surface area contributed by atoms with Gasteiger partial charge in [0.25, 0.3) is 0 Å². The summed E-state index contributed by atoms with van der Waals surface area (Å²) < 4.78 is 0. The molecule has 0 bridgehead atoms. The number of phenols is 1. The average molecular weight is 285 g/mol. The van der Waals surface area contributed by atoms with Crippen molar-refractivity contribution in [3.05, 3.63) is 59.9 Å². The van der Waals surface area contributed by atoms with E-state index in [1.165, 1.54) is 0 Å². The van der Waals surface area contributed by atoms with E-state index in [1.54, 1.807) is 30.5 Å². The minimum atomic E-state index is -0.599. The molecule has 2 rings (SSSR count). The number of nitrogens with zero attached hydrogens (tertiary/aromatic N) is 1. The molecule has 0 saturated carbocycles. The molecule has 4 N–H and O–H groups in total. The number of hydrogen-bond acceptors (Lipinski definition) is 4. The quantitative estimate of drug-likeness (QED) is 0.739. The molecule has 0 spiro atoms. The third-order valence-corrected chi connectivity index (χ3v) is 3.14. The maximum Gasteiger partial charge on any atom is 0.237 e. The fourth-order valence-corrected chi connectivity index (χ4v) is 1.97. The Hall–Kier alpha value is -2.40. The molecule has 0 unspecified atom stereocenters. The zero-order chi connectivity index (χ0) is 15.1. The topological polar surface area (TPSA) is 88.2 Å². The van der Waals surface area contributed by atoms with Crippen molar-refractivity contribution >= 4 is 5.91 Å². The Morgan fingerprint density at radius 2 is 2.00 bits per heavy atom. The number of amides is 1. The van der Waals surface area contributed by atoms with Crippen molar-refractivity contribution in [1.29, 1.82) is 0 Å². The molecular formula is C16H19N3O2. The van der Waals surface area contributed by atoms with E-state index in [1.807, 2.05) is 18.2 Å². The normalized spacial score (nSPS) is 11.9. The van der Waals surface area contributed by atoms with E-state index >= 15 is 0 Å². The van der Waals surface area contributed by atoms with Gasteiger partial charge in [0.05, 0.1) is 6.04 Å². The fraction of sp³-hybridized carbons (Fsp3) is 0.250. The largest absolute Gasteiger partial charge is 0.508 e. The molecule has 0 aliphatic rings. The molecule has 5 nitrogen and oxygen atoms in total. The Bertz CT molecular complexity index is 570. The smallest absolute Gasteiger partial charge is 0.237 e. The summed E-state index contributed by atoms with van der Waals surface area (Å²) >= 11 is 0. The maximum absolute atomic E-state index is 11.9. The number of carbonyl (C=O) groups is 1. The van der Waals surface area contributed by atoms with Crippen molar-refractivity contribution in [2.75, 3.05) is 6.54 Å². The zero-order valence-corrected chi connectivity index (χ0v) is 11.7. The van der Waals surface area contributed by atoms with Gasteiger partial charge in [-0.25, -0.2) is 0 Å². The van der Waals surface area contributed by atoms with Crippen LogP contribution >= 0.6 is 0 Å². The van der Waals surface area contributed by atoms with Crippen molar-refractivity contribution in [2.45, 2.75) is 18.9 Å². The highest BCUT2D eigenvalue weighted by atomic mass is 16.3. The predicted molar refractivity (Wildman–Crippen MR) is 80.7 cm³/mol. The number of benzene rings is 1.